The van der Waals surface area contributed by atoms with Crippen LogP contribution in [0.5, 0.6) is 0 Å². The number of benzene rings is 1. The average Bonchev–Trinajstić information content (AvgIpc) is 2.35. The number of anilines is 2. The molecule has 0 aliphatic heterocycles. The number of nitrogens with one attached hydrogen (secondary N) is 2. The number of nitrogen functional groups attached to an aromatic ring is 1. The Morgan fingerprint density at radius 2 is 1.89 bits per heavy atom. The number of nitrogens with two attached hydrogens (primary N) is 1. The molecule has 0 heterocycles. The van der Waals surface area contributed by atoms with Crippen molar-refractivity contribution in [1.82, 2.24) is 5.32 Å². The van der Waals surface area contributed by atoms with E-state index in [1.54, 1.807) is 24.3 Å². The highest BCUT2D eigenvalue weighted by Gasteiger charge is 2.24. The van der Waals surface area contributed by atoms with E-state index in [1.807, 2.05) is 0 Å². The van der Waals surface area contributed by atoms with E-state index in [-0.39, 0.29) is 12.1 Å². The second kappa shape index (κ2) is 5.73. The summed E-state index contributed by atoms with van der Waals surface area (Å²) in [6.45, 7) is 0. The second-order valence-corrected chi connectivity index (χ2v) is 4.68. The highest BCUT2D eigenvalue weighted by Crippen LogP contribution is 2.18. The van der Waals surface area contributed by atoms with Crippen molar-refractivity contribution in [1.29, 1.82) is 0 Å². The number of carbonyl (C=O) groups excluding carboxylic acids is 1. The third-order valence-corrected chi connectivity index (χ3v) is 3.21. The van der Waals surface area contributed by atoms with Gasteiger partial charge in [-0.05, 0) is 37.1 Å². The molecule has 1 aromatic rings. The number of carbonyl (C=O) groups is 1. The monoisotopic (exact) mass is 249 g/mol. The molecular weight excluding hydrogens is 230 g/mol. The smallest absolute Gasteiger partial charge is 0.319 e. The first-order chi connectivity index (χ1) is 8.65. The summed E-state index contributed by atoms with van der Waals surface area (Å²) in [6, 6.07) is 6.51. The van der Waals surface area contributed by atoms with Crippen molar-refractivity contribution < 1.29 is 9.90 Å². The molecule has 2 unspecified atom stereocenters. The fraction of sp³-hybridized carbons (Fsp3) is 0.462. The number of aliphatic hydroxyl groups excluding tert-OH is 1. The Morgan fingerprint density at radius 1 is 1.22 bits per heavy atom. The van der Waals surface area contributed by atoms with E-state index in [0.29, 0.717) is 11.4 Å². The molecule has 5 heteroatoms. The van der Waals surface area contributed by atoms with Gasteiger partial charge < -0.3 is 21.5 Å². The van der Waals surface area contributed by atoms with Crippen molar-refractivity contribution in [3.63, 3.8) is 0 Å². The summed E-state index contributed by atoms with van der Waals surface area (Å²) < 4.78 is 0. The van der Waals surface area contributed by atoms with E-state index in [2.05, 4.69) is 10.6 Å². The fourth-order valence-electron chi connectivity index (χ4n) is 2.18. The summed E-state index contributed by atoms with van der Waals surface area (Å²) >= 11 is 0. The van der Waals surface area contributed by atoms with Crippen LogP contribution in [0.2, 0.25) is 0 Å². The quantitative estimate of drug-likeness (QED) is 0.601. The number of aliphatic hydroxyl groups is 1. The standard InChI is InChI=1S/C13H19N3O2/c14-9-5-7-10(8-6-9)15-13(18)16-11-3-1-2-4-12(11)17/h5-8,11-12,17H,1-4,14H2,(H2,15,16,18). The maximum atomic E-state index is 11.7. The Hall–Kier alpha value is -1.75. The largest absolute Gasteiger partial charge is 0.399 e. The van der Waals surface area contributed by atoms with Crippen molar-refractivity contribution in [3.05, 3.63) is 24.3 Å². The molecule has 0 spiro atoms. The Balaban J connectivity index is 1.86. The second-order valence-electron chi connectivity index (χ2n) is 4.68. The van der Waals surface area contributed by atoms with Gasteiger partial charge >= 0.3 is 6.03 Å². The first kappa shape index (κ1) is 12.7. The van der Waals surface area contributed by atoms with Gasteiger partial charge in [0.1, 0.15) is 0 Å². The molecule has 0 bridgehead atoms. The van der Waals surface area contributed by atoms with Crippen LogP contribution in [0.4, 0.5) is 16.2 Å². The highest BCUT2D eigenvalue weighted by molar-refractivity contribution is 5.89. The number of rotatable bonds is 2. The molecule has 98 valence electrons. The van der Waals surface area contributed by atoms with Crippen LogP contribution in [0.15, 0.2) is 24.3 Å². The summed E-state index contributed by atoms with van der Waals surface area (Å²) in [5, 5.41) is 15.3. The van der Waals surface area contributed by atoms with Crippen LogP contribution >= 0.6 is 0 Å². The summed E-state index contributed by atoms with van der Waals surface area (Å²) in [6.07, 6.45) is 3.22. The first-order valence-corrected chi connectivity index (χ1v) is 6.26. The van der Waals surface area contributed by atoms with Crippen LogP contribution in [0, 0.1) is 0 Å². The van der Waals surface area contributed by atoms with Gasteiger partial charge in [-0.15, -0.1) is 0 Å². The zero-order valence-electron chi connectivity index (χ0n) is 10.2. The van der Waals surface area contributed by atoms with Gasteiger partial charge in [0.25, 0.3) is 0 Å². The topological polar surface area (TPSA) is 87.4 Å². The van der Waals surface area contributed by atoms with E-state index in [9.17, 15) is 9.90 Å². The van der Waals surface area contributed by atoms with Gasteiger partial charge in [0.2, 0.25) is 0 Å². The lowest BCUT2D eigenvalue weighted by atomic mass is 9.93. The lowest BCUT2D eigenvalue weighted by Gasteiger charge is -2.28. The van der Waals surface area contributed by atoms with Crippen LogP contribution in [-0.4, -0.2) is 23.3 Å². The molecule has 5 nitrogen and oxygen atoms in total. The molecule has 1 aliphatic rings. The van der Waals surface area contributed by atoms with E-state index < -0.39 is 6.10 Å². The average molecular weight is 249 g/mol. The molecule has 1 aromatic carbocycles. The minimum Gasteiger partial charge on any atom is -0.399 e. The number of hydrogen-bond donors (Lipinski definition) is 4. The Kier molecular flexibility index (Phi) is 4.04. The van der Waals surface area contributed by atoms with Crippen LogP contribution < -0.4 is 16.4 Å². The highest BCUT2D eigenvalue weighted by atomic mass is 16.3. The van der Waals surface area contributed by atoms with Crippen molar-refractivity contribution in [2.75, 3.05) is 11.1 Å². The van der Waals surface area contributed by atoms with Gasteiger partial charge in [-0.2, -0.15) is 0 Å². The molecule has 1 fully saturated rings. The van der Waals surface area contributed by atoms with E-state index in [0.717, 1.165) is 25.7 Å². The van der Waals surface area contributed by atoms with Crippen LogP contribution in [-0.2, 0) is 0 Å². The molecule has 2 amide bonds. The van der Waals surface area contributed by atoms with Crippen molar-refractivity contribution >= 4 is 17.4 Å². The van der Waals surface area contributed by atoms with Crippen LogP contribution in [0.1, 0.15) is 25.7 Å². The van der Waals surface area contributed by atoms with Gasteiger partial charge in [-0.3, -0.25) is 0 Å². The zero-order valence-corrected chi connectivity index (χ0v) is 10.2. The van der Waals surface area contributed by atoms with Crippen molar-refractivity contribution in [2.24, 2.45) is 0 Å². The Labute approximate surface area is 106 Å². The molecule has 0 radical (unpaired) electrons. The van der Waals surface area contributed by atoms with E-state index >= 15 is 0 Å². The summed E-state index contributed by atoms with van der Waals surface area (Å²) in [5.74, 6) is 0. The summed E-state index contributed by atoms with van der Waals surface area (Å²) in [5.41, 5.74) is 6.91. The van der Waals surface area contributed by atoms with E-state index in [1.165, 1.54) is 0 Å². The maximum absolute atomic E-state index is 11.7. The van der Waals surface area contributed by atoms with Gasteiger partial charge in [-0.25, -0.2) is 4.79 Å². The van der Waals surface area contributed by atoms with Crippen LogP contribution in [0.25, 0.3) is 0 Å². The third kappa shape index (κ3) is 3.37. The predicted molar refractivity (Wildman–Crippen MR) is 71.3 cm³/mol. The Bertz CT molecular complexity index is 405. The molecule has 2 atom stereocenters. The molecule has 1 saturated carbocycles. The van der Waals surface area contributed by atoms with Gasteiger partial charge in [-0.1, -0.05) is 12.8 Å². The van der Waals surface area contributed by atoms with Gasteiger partial charge in [0, 0.05) is 11.4 Å². The van der Waals surface area contributed by atoms with Gasteiger partial charge in [0.05, 0.1) is 12.1 Å². The van der Waals surface area contributed by atoms with Gasteiger partial charge in [0.15, 0.2) is 0 Å². The van der Waals surface area contributed by atoms with Crippen molar-refractivity contribution in [3.8, 4) is 0 Å². The number of hydrogen-bond acceptors (Lipinski definition) is 3. The first-order valence-electron chi connectivity index (χ1n) is 6.26. The lowest BCUT2D eigenvalue weighted by molar-refractivity contribution is 0.0955. The lowest BCUT2D eigenvalue weighted by Crippen LogP contribution is -2.46. The molecule has 1 aliphatic carbocycles. The normalized spacial score (nSPS) is 23.4. The molecular formula is C13H19N3O2. The van der Waals surface area contributed by atoms with E-state index in [4.69, 9.17) is 5.73 Å². The fourth-order valence-corrected chi connectivity index (χ4v) is 2.18. The molecule has 18 heavy (non-hydrogen) atoms. The maximum Gasteiger partial charge on any atom is 0.319 e. The Morgan fingerprint density at radius 3 is 2.56 bits per heavy atom. The summed E-state index contributed by atoms with van der Waals surface area (Å²) in [7, 11) is 0. The molecule has 2 rings (SSSR count). The minimum absolute atomic E-state index is 0.146. The number of urea groups is 1. The molecule has 0 aromatic heterocycles. The summed E-state index contributed by atoms with van der Waals surface area (Å²) in [4.78, 5) is 11.7. The molecule has 0 saturated heterocycles. The van der Waals surface area contributed by atoms with Crippen LogP contribution in [0.3, 0.4) is 0 Å². The SMILES string of the molecule is Nc1ccc(NC(=O)NC2CCCCC2O)cc1. The number of amides is 2. The van der Waals surface area contributed by atoms with Crippen molar-refractivity contribution in [2.45, 2.75) is 37.8 Å². The predicted octanol–water partition coefficient (Wildman–Crippen LogP) is 1.69. The third-order valence-electron chi connectivity index (χ3n) is 3.21. The molecule has 5 N–H and O–H groups in total. The minimum atomic E-state index is -0.434. The zero-order chi connectivity index (χ0) is 13.0.